The van der Waals surface area contributed by atoms with Crippen LogP contribution in [-0.4, -0.2) is 26.1 Å². The van der Waals surface area contributed by atoms with Crippen molar-refractivity contribution in [1.82, 2.24) is 20.4 Å². The molecule has 0 radical (unpaired) electrons. The number of nitrogens with one attached hydrogen (secondary N) is 2. The Balaban J connectivity index is 1.69. The maximum absolute atomic E-state index is 11.5. The van der Waals surface area contributed by atoms with Crippen molar-refractivity contribution in [2.24, 2.45) is 0 Å². The van der Waals surface area contributed by atoms with Crippen LogP contribution >= 0.6 is 0 Å². The van der Waals surface area contributed by atoms with Crippen LogP contribution in [-0.2, 0) is 6.54 Å². The van der Waals surface area contributed by atoms with Crippen molar-refractivity contribution in [3.63, 3.8) is 0 Å². The zero-order valence-corrected chi connectivity index (χ0v) is 14.3. The average Bonchev–Trinajstić information content (AvgIpc) is 3.16. The third-order valence-corrected chi connectivity index (χ3v) is 4.22. The van der Waals surface area contributed by atoms with Crippen molar-refractivity contribution in [1.29, 1.82) is 0 Å². The van der Waals surface area contributed by atoms with Gasteiger partial charge < -0.3 is 4.98 Å². The highest BCUT2D eigenvalue weighted by atomic mass is 16.5. The Morgan fingerprint density at radius 3 is 2.52 bits per heavy atom. The fourth-order valence-electron chi connectivity index (χ4n) is 2.85. The Morgan fingerprint density at radius 1 is 1.04 bits per heavy atom. The van der Waals surface area contributed by atoms with Crippen LogP contribution in [0.5, 0.6) is 0 Å². The fourth-order valence-corrected chi connectivity index (χ4v) is 2.85. The largest absolute Gasteiger partial charge is 0.324 e. The van der Waals surface area contributed by atoms with Gasteiger partial charge in [0.05, 0.1) is 17.6 Å². The molecule has 2 heterocycles. The van der Waals surface area contributed by atoms with E-state index < -0.39 is 5.91 Å². The Labute approximate surface area is 155 Å². The van der Waals surface area contributed by atoms with E-state index in [0.29, 0.717) is 18.1 Å². The zero-order valence-electron chi connectivity index (χ0n) is 14.3. The summed E-state index contributed by atoms with van der Waals surface area (Å²) in [7, 11) is 0. The molecular formula is C20H17N5O2. The van der Waals surface area contributed by atoms with Gasteiger partial charge in [-0.15, -0.1) is 0 Å². The maximum atomic E-state index is 11.5. The van der Waals surface area contributed by atoms with Gasteiger partial charge in [-0.25, -0.2) is 15.4 Å². The lowest BCUT2D eigenvalue weighted by molar-refractivity contribution is 0.0706. The van der Waals surface area contributed by atoms with Crippen LogP contribution in [0.15, 0.2) is 72.9 Å². The molecule has 0 fully saturated rings. The van der Waals surface area contributed by atoms with Crippen LogP contribution in [0.3, 0.4) is 0 Å². The molecule has 0 spiro atoms. The number of nitrogens with zero attached hydrogens (tertiary/aromatic N) is 3. The molecule has 0 bridgehead atoms. The second kappa shape index (κ2) is 7.27. The Morgan fingerprint density at radius 2 is 1.81 bits per heavy atom. The van der Waals surface area contributed by atoms with Gasteiger partial charge >= 0.3 is 0 Å². The number of carbonyl (C=O) groups excluding carboxylic acids is 1. The summed E-state index contributed by atoms with van der Waals surface area (Å²) < 4.78 is 0. The van der Waals surface area contributed by atoms with Crippen molar-refractivity contribution in [2.75, 3.05) is 4.90 Å². The quantitative estimate of drug-likeness (QED) is 0.375. The van der Waals surface area contributed by atoms with E-state index in [1.165, 1.54) is 0 Å². The van der Waals surface area contributed by atoms with Gasteiger partial charge in [0.1, 0.15) is 5.82 Å². The normalized spacial score (nSPS) is 10.7. The number of benzene rings is 2. The highest BCUT2D eigenvalue weighted by Gasteiger charge is 2.16. The van der Waals surface area contributed by atoms with Gasteiger partial charge in [0, 0.05) is 11.8 Å². The molecule has 2 aromatic carbocycles. The number of fused-ring (bicyclic) bond motifs is 1. The monoisotopic (exact) mass is 359 g/mol. The van der Waals surface area contributed by atoms with Crippen molar-refractivity contribution < 1.29 is 10.0 Å². The van der Waals surface area contributed by atoms with Gasteiger partial charge in [-0.3, -0.25) is 14.9 Å². The van der Waals surface area contributed by atoms with Crippen molar-refractivity contribution in [3.8, 4) is 0 Å². The summed E-state index contributed by atoms with van der Waals surface area (Å²) >= 11 is 0. The van der Waals surface area contributed by atoms with Crippen molar-refractivity contribution in [2.45, 2.75) is 6.54 Å². The van der Waals surface area contributed by atoms with E-state index in [4.69, 9.17) is 5.21 Å². The number of hydroxylamine groups is 1. The van der Waals surface area contributed by atoms with Crippen LogP contribution in [0.1, 0.15) is 15.9 Å². The van der Waals surface area contributed by atoms with Crippen LogP contribution in [0.4, 0.5) is 11.8 Å². The summed E-state index contributed by atoms with van der Waals surface area (Å²) in [6.07, 6.45) is 1.74. The van der Waals surface area contributed by atoms with Crippen LogP contribution in [0.25, 0.3) is 11.0 Å². The van der Waals surface area contributed by atoms with Gasteiger partial charge in [0.25, 0.3) is 5.91 Å². The lowest BCUT2D eigenvalue weighted by Crippen LogP contribution is -2.20. The fraction of sp³-hybridized carbons (Fsp3) is 0.0500. The molecule has 4 rings (SSSR count). The van der Waals surface area contributed by atoms with Gasteiger partial charge in [0.2, 0.25) is 5.95 Å². The molecule has 0 atom stereocenters. The average molecular weight is 359 g/mol. The molecule has 0 aliphatic heterocycles. The number of para-hydroxylation sites is 2. The summed E-state index contributed by atoms with van der Waals surface area (Å²) in [6.45, 7) is 0.512. The molecule has 0 aliphatic carbocycles. The molecule has 0 saturated carbocycles. The summed E-state index contributed by atoms with van der Waals surface area (Å²) in [5, 5.41) is 8.74. The number of rotatable bonds is 5. The van der Waals surface area contributed by atoms with Crippen molar-refractivity contribution >= 4 is 28.7 Å². The first-order valence-corrected chi connectivity index (χ1v) is 8.41. The highest BCUT2D eigenvalue weighted by molar-refractivity contribution is 5.93. The van der Waals surface area contributed by atoms with Gasteiger partial charge in [0.15, 0.2) is 0 Å². The van der Waals surface area contributed by atoms with E-state index in [9.17, 15) is 4.79 Å². The molecule has 134 valence electrons. The molecule has 1 amide bonds. The summed E-state index contributed by atoms with van der Waals surface area (Å²) in [5.74, 6) is 0.904. The lowest BCUT2D eigenvalue weighted by Gasteiger charge is -2.21. The lowest BCUT2D eigenvalue weighted by atomic mass is 10.1. The first kappa shape index (κ1) is 16.7. The minimum absolute atomic E-state index is 0.384. The van der Waals surface area contributed by atoms with Gasteiger partial charge in [-0.2, -0.15) is 0 Å². The number of carbonyl (C=O) groups is 1. The Hall–Kier alpha value is -3.71. The number of imidazole rings is 1. The highest BCUT2D eigenvalue weighted by Crippen LogP contribution is 2.25. The third-order valence-electron chi connectivity index (χ3n) is 4.22. The summed E-state index contributed by atoms with van der Waals surface area (Å²) in [5.41, 5.74) is 4.81. The van der Waals surface area contributed by atoms with E-state index in [1.54, 1.807) is 23.8 Å². The predicted molar refractivity (Wildman–Crippen MR) is 102 cm³/mol. The van der Waals surface area contributed by atoms with Crippen LogP contribution in [0, 0.1) is 0 Å². The smallest absolute Gasteiger partial charge is 0.274 e. The maximum Gasteiger partial charge on any atom is 0.274 e. The van der Waals surface area contributed by atoms with Crippen LogP contribution in [0.2, 0.25) is 0 Å². The van der Waals surface area contributed by atoms with E-state index >= 15 is 0 Å². The van der Waals surface area contributed by atoms with Gasteiger partial charge in [-0.05, 0) is 42.0 Å². The zero-order chi connectivity index (χ0) is 18.6. The minimum atomic E-state index is -0.541. The van der Waals surface area contributed by atoms with E-state index in [2.05, 4.69) is 15.0 Å². The number of anilines is 2. The first-order chi connectivity index (χ1) is 13.2. The number of H-pyrrole nitrogens is 1. The molecule has 7 nitrogen and oxygen atoms in total. The molecular weight excluding hydrogens is 342 g/mol. The number of pyridine rings is 1. The summed E-state index contributed by atoms with van der Waals surface area (Å²) in [6, 6.07) is 20.5. The second-order valence-electron chi connectivity index (χ2n) is 5.99. The molecule has 0 saturated heterocycles. The standard InChI is InChI=1S/C20H17N5O2/c26-19(24-27)15-10-8-14(9-11-15)13-25(18-7-3-4-12-21-18)20-22-16-5-1-2-6-17(16)23-20/h1-12,27H,13H2,(H,22,23)(H,24,26). The molecule has 3 N–H and O–H groups in total. The van der Waals surface area contributed by atoms with E-state index in [-0.39, 0.29) is 0 Å². The summed E-state index contributed by atoms with van der Waals surface area (Å²) in [4.78, 5) is 25.9. The van der Waals surface area contributed by atoms with Gasteiger partial charge in [-0.1, -0.05) is 30.3 Å². The van der Waals surface area contributed by atoms with Crippen LogP contribution < -0.4 is 10.4 Å². The number of hydrogen-bond acceptors (Lipinski definition) is 5. The molecule has 27 heavy (non-hydrogen) atoms. The van der Waals surface area contributed by atoms with E-state index in [1.807, 2.05) is 59.5 Å². The second-order valence-corrected chi connectivity index (χ2v) is 5.99. The van der Waals surface area contributed by atoms with E-state index in [0.717, 1.165) is 22.4 Å². The topological polar surface area (TPSA) is 94.1 Å². The van der Waals surface area contributed by atoms with Crippen molar-refractivity contribution in [3.05, 3.63) is 84.1 Å². The third kappa shape index (κ3) is 3.49. The molecule has 4 aromatic rings. The molecule has 0 unspecified atom stereocenters. The Bertz CT molecular complexity index is 1030. The number of aromatic nitrogens is 3. The molecule has 0 aliphatic rings. The number of hydrogen-bond donors (Lipinski definition) is 3. The first-order valence-electron chi connectivity index (χ1n) is 8.41. The number of amides is 1. The number of aromatic amines is 1. The minimum Gasteiger partial charge on any atom is -0.324 e. The molecule has 2 aromatic heterocycles. The Kier molecular flexibility index (Phi) is 4.51. The predicted octanol–water partition coefficient (Wildman–Crippen LogP) is 3.42. The molecule has 7 heteroatoms. The SMILES string of the molecule is O=C(NO)c1ccc(CN(c2ccccn2)c2nc3ccccc3[nH]2)cc1.